The van der Waals surface area contributed by atoms with E-state index in [1.165, 1.54) is 6.42 Å². The van der Waals surface area contributed by atoms with E-state index in [-0.39, 0.29) is 6.61 Å². The first-order valence-electron chi connectivity index (χ1n) is 4.95. The van der Waals surface area contributed by atoms with Gasteiger partial charge in [-0.25, -0.2) is 0 Å². The first-order chi connectivity index (χ1) is 6.58. The minimum atomic E-state index is -4.19. The van der Waals surface area contributed by atoms with E-state index in [2.05, 4.69) is 9.64 Å². The van der Waals surface area contributed by atoms with Gasteiger partial charge in [0.1, 0.15) is 6.61 Å². The van der Waals surface area contributed by atoms with Crippen molar-refractivity contribution in [2.45, 2.75) is 25.4 Å². The number of halogens is 3. The highest BCUT2D eigenvalue weighted by Crippen LogP contribution is 2.14. The van der Waals surface area contributed by atoms with Crippen LogP contribution in [0.4, 0.5) is 13.2 Å². The molecule has 2 nitrogen and oxygen atoms in total. The average Bonchev–Trinajstić information content (AvgIpc) is 2.13. The van der Waals surface area contributed by atoms with E-state index in [0.717, 1.165) is 25.9 Å². The highest BCUT2D eigenvalue weighted by atomic mass is 19.4. The molecule has 1 rings (SSSR count). The zero-order valence-corrected chi connectivity index (χ0v) is 8.15. The zero-order valence-electron chi connectivity index (χ0n) is 8.15. The van der Waals surface area contributed by atoms with Crippen molar-refractivity contribution in [3.63, 3.8) is 0 Å². The highest BCUT2D eigenvalue weighted by molar-refractivity contribution is 4.63. The lowest BCUT2D eigenvalue weighted by atomic mass is 10.1. The molecule has 1 fully saturated rings. The van der Waals surface area contributed by atoms with Crippen LogP contribution in [-0.2, 0) is 4.74 Å². The standard InChI is InChI=1S/C9H16F3NO/c10-9(11,12)8-14-7-6-13-4-2-1-3-5-13/h1-8H2. The summed E-state index contributed by atoms with van der Waals surface area (Å²) in [4.78, 5) is 2.15. The molecule has 0 atom stereocenters. The van der Waals surface area contributed by atoms with Crippen molar-refractivity contribution in [1.29, 1.82) is 0 Å². The van der Waals surface area contributed by atoms with Crippen molar-refractivity contribution in [2.75, 3.05) is 32.8 Å². The summed E-state index contributed by atoms with van der Waals surface area (Å²) in [5, 5.41) is 0. The van der Waals surface area contributed by atoms with Crippen molar-refractivity contribution >= 4 is 0 Å². The average molecular weight is 211 g/mol. The highest BCUT2D eigenvalue weighted by Gasteiger charge is 2.27. The van der Waals surface area contributed by atoms with Gasteiger partial charge >= 0.3 is 6.18 Å². The molecule has 1 aliphatic heterocycles. The van der Waals surface area contributed by atoms with Gasteiger partial charge in [-0.15, -0.1) is 0 Å². The molecule has 0 aromatic rings. The lowest BCUT2D eigenvalue weighted by molar-refractivity contribution is -0.174. The van der Waals surface area contributed by atoms with Crippen molar-refractivity contribution in [1.82, 2.24) is 4.90 Å². The van der Waals surface area contributed by atoms with Crippen LogP contribution >= 0.6 is 0 Å². The van der Waals surface area contributed by atoms with Crippen LogP contribution in [-0.4, -0.2) is 43.9 Å². The van der Waals surface area contributed by atoms with Gasteiger partial charge < -0.3 is 9.64 Å². The Morgan fingerprint density at radius 2 is 1.71 bits per heavy atom. The second-order valence-electron chi connectivity index (χ2n) is 3.57. The fraction of sp³-hybridized carbons (Fsp3) is 1.00. The molecule has 1 saturated heterocycles. The molecule has 0 spiro atoms. The quantitative estimate of drug-likeness (QED) is 0.660. The van der Waals surface area contributed by atoms with Gasteiger partial charge in [0.15, 0.2) is 0 Å². The molecule has 0 bridgehead atoms. The topological polar surface area (TPSA) is 12.5 Å². The minimum absolute atomic E-state index is 0.180. The molecule has 0 aromatic carbocycles. The van der Waals surface area contributed by atoms with E-state index >= 15 is 0 Å². The molecule has 1 heterocycles. The molecule has 0 aromatic heterocycles. The molecule has 0 aliphatic carbocycles. The Morgan fingerprint density at radius 3 is 2.29 bits per heavy atom. The van der Waals surface area contributed by atoms with E-state index in [0.29, 0.717) is 6.54 Å². The first kappa shape index (κ1) is 11.8. The fourth-order valence-corrected chi connectivity index (χ4v) is 1.56. The zero-order chi connectivity index (χ0) is 10.4. The van der Waals surface area contributed by atoms with E-state index in [4.69, 9.17) is 0 Å². The second kappa shape index (κ2) is 5.56. The largest absolute Gasteiger partial charge is 0.411 e. The Morgan fingerprint density at radius 1 is 1.07 bits per heavy atom. The lowest BCUT2D eigenvalue weighted by Crippen LogP contribution is -2.33. The first-order valence-corrected chi connectivity index (χ1v) is 4.95. The molecule has 5 heteroatoms. The van der Waals surface area contributed by atoms with E-state index in [9.17, 15) is 13.2 Å². The third-order valence-electron chi connectivity index (χ3n) is 2.27. The van der Waals surface area contributed by atoms with Gasteiger partial charge in [0.2, 0.25) is 0 Å². The van der Waals surface area contributed by atoms with Gasteiger partial charge in [-0.1, -0.05) is 6.42 Å². The number of rotatable bonds is 4. The Balaban J connectivity index is 1.97. The number of ether oxygens (including phenoxy) is 1. The maximum Gasteiger partial charge on any atom is 0.411 e. The van der Waals surface area contributed by atoms with Gasteiger partial charge in [-0.3, -0.25) is 0 Å². The smallest absolute Gasteiger partial charge is 0.371 e. The molecule has 1 aliphatic rings. The maximum atomic E-state index is 11.7. The van der Waals surface area contributed by atoms with Crippen LogP contribution in [0.3, 0.4) is 0 Å². The molecule has 0 N–H and O–H groups in total. The third-order valence-corrected chi connectivity index (χ3v) is 2.27. The molecular formula is C9H16F3NO. The Hall–Kier alpha value is -0.290. The Bertz CT molecular complexity index is 155. The van der Waals surface area contributed by atoms with Crippen molar-refractivity contribution < 1.29 is 17.9 Å². The summed E-state index contributed by atoms with van der Waals surface area (Å²) in [5.41, 5.74) is 0. The monoisotopic (exact) mass is 211 g/mol. The molecule has 0 amide bonds. The van der Waals surface area contributed by atoms with Crippen LogP contribution in [0.1, 0.15) is 19.3 Å². The van der Waals surface area contributed by atoms with Crippen LogP contribution in [0.2, 0.25) is 0 Å². The Labute approximate surface area is 82.0 Å². The fourth-order valence-electron chi connectivity index (χ4n) is 1.56. The van der Waals surface area contributed by atoms with E-state index < -0.39 is 12.8 Å². The van der Waals surface area contributed by atoms with Gasteiger partial charge in [0, 0.05) is 6.54 Å². The number of alkyl halides is 3. The van der Waals surface area contributed by atoms with Crippen LogP contribution in [0.5, 0.6) is 0 Å². The SMILES string of the molecule is FC(F)(F)COCCN1CCCCC1. The van der Waals surface area contributed by atoms with Crippen molar-refractivity contribution in [2.24, 2.45) is 0 Å². The van der Waals surface area contributed by atoms with Crippen LogP contribution in [0.25, 0.3) is 0 Å². The number of hydrogen-bond donors (Lipinski definition) is 0. The Kier molecular flexibility index (Phi) is 4.68. The predicted molar refractivity (Wildman–Crippen MR) is 47.2 cm³/mol. The number of likely N-dealkylation sites (tertiary alicyclic amines) is 1. The third kappa shape index (κ3) is 5.44. The minimum Gasteiger partial charge on any atom is -0.371 e. The normalized spacial score (nSPS) is 19.9. The van der Waals surface area contributed by atoms with E-state index in [1.54, 1.807) is 0 Å². The number of hydrogen-bond acceptors (Lipinski definition) is 2. The number of piperidine rings is 1. The molecular weight excluding hydrogens is 195 g/mol. The summed E-state index contributed by atoms with van der Waals surface area (Å²) in [6.45, 7) is 1.67. The summed E-state index contributed by atoms with van der Waals surface area (Å²) in [7, 11) is 0. The van der Waals surface area contributed by atoms with E-state index in [1.807, 2.05) is 0 Å². The van der Waals surface area contributed by atoms with Gasteiger partial charge in [-0.05, 0) is 25.9 Å². The van der Waals surface area contributed by atoms with Gasteiger partial charge in [-0.2, -0.15) is 13.2 Å². The molecule has 14 heavy (non-hydrogen) atoms. The van der Waals surface area contributed by atoms with Gasteiger partial charge in [0.05, 0.1) is 6.61 Å². The maximum absolute atomic E-state index is 11.7. The van der Waals surface area contributed by atoms with Crippen LogP contribution in [0.15, 0.2) is 0 Å². The summed E-state index contributed by atoms with van der Waals surface area (Å²) in [6, 6.07) is 0. The van der Waals surface area contributed by atoms with Gasteiger partial charge in [0.25, 0.3) is 0 Å². The van der Waals surface area contributed by atoms with Crippen molar-refractivity contribution in [3.8, 4) is 0 Å². The molecule has 0 saturated carbocycles. The molecule has 0 radical (unpaired) electrons. The summed E-state index contributed by atoms with van der Waals surface area (Å²) in [6.07, 6.45) is -0.652. The second-order valence-corrected chi connectivity index (χ2v) is 3.57. The predicted octanol–water partition coefficient (Wildman–Crippen LogP) is 2.05. The van der Waals surface area contributed by atoms with Crippen LogP contribution < -0.4 is 0 Å². The van der Waals surface area contributed by atoms with Crippen LogP contribution in [0, 0.1) is 0 Å². The summed E-state index contributed by atoms with van der Waals surface area (Å²) < 4.78 is 39.6. The summed E-state index contributed by atoms with van der Waals surface area (Å²) >= 11 is 0. The molecule has 0 unspecified atom stereocenters. The molecule has 84 valence electrons. The summed E-state index contributed by atoms with van der Waals surface area (Å²) in [5.74, 6) is 0. The lowest BCUT2D eigenvalue weighted by Gasteiger charge is -2.26. The van der Waals surface area contributed by atoms with Crippen molar-refractivity contribution in [3.05, 3.63) is 0 Å². The number of nitrogens with zero attached hydrogens (tertiary/aromatic N) is 1.